The topological polar surface area (TPSA) is 80.5 Å². The van der Waals surface area contributed by atoms with Crippen LogP contribution < -0.4 is 4.74 Å². The lowest BCUT2D eigenvalue weighted by Crippen LogP contribution is -2.05. The summed E-state index contributed by atoms with van der Waals surface area (Å²) < 4.78 is 9.67. The van der Waals surface area contributed by atoms with Crippen molar-refractivity contribution in [1.29, 1.82) is 0 Å². The van der Waals surface area contributed by atoms with E-state index in [1.165, 1.54) is 0 Å². The van der Waals surface area contributed by atoms with Gasteiger partial charge in [0, 0.05) is 0 Å². The number of nitrogens with zero attached hydrogens (tertiary/aromatic N) is 2. The first kappa shape index (κ1) is 13.7. The summed E-state index contributed by atoms with van der Waals surface area (Å²) >= 11 is 0. The average Bonchev–Trinajstić information content (AvgIpc) is 2.40. The molecule has 0 saturated carbocycles. The summed E-state index contributed by atoms with van der Waals surface area (Å²) in [6, 6.07) is 6.76. The van der Waals surface area contributed by atoms with E-state index >= 15 is 0 Å². The number of methoxy groups -OCH3 is 1. The van der Waals surface area contributed by atoms with Crippen molar-refractivity contribution in [3.63, 3.8) is 0 Å². The molecule has 0 aliphatic rings. The van der Waals surface area contributed by atoms with Crippen LogP contribution in [0.3, 0.4) is 0 Å². The summed E-state index contributed by atoms with van der Waals surface area (Å²) in [7, 11) is 1.56. The molecule has 1 aromatic carbocycles. The van der Waals surface area contributed by atoms with E-state index in [4.69, 9.17) is 9.84 Å². The van der Waals surface area contributed by atoms with Crippen LogP contribution in [0.1, 0.15) is 6.92 Å². The maximum absolute atomic E-state index is 11.3. The second kappa shape index (κ2) is 7.05. The average molecular weight is 250 g/mol. The lowest BCUT2D eigenvalue weighted by atomic mass is 10.3. The van der Waals surface area contributed by atoms with Gasteiger partial charge in [0.1, 0.15) is 12.0 Å². The molecule has 6 nitrogen and oxygen atoms in total. The molecule has 0 aliphatic carbocycles. The molecule has 0 bridgehead atoms. The lowest BCUT2D eigenvalue weighted by molar-refractivity contribution is -0.138. The number of hydrogen-bond acceptors (Lipinski definition) is 6. The van der Waals surface area contributed by atoms with E-state index in [0.29, 0.717) is 17.7 Å². The second-order valence-corrected chi connectivity index (χ2v) is 3.13. The van der Waals surface area contributed by atoms with Gasteiger partial charge in [0.05, 0.1) is 19.4 Å². The molecule has 0 amide bonds. The molecule has 0 unspecified atom stereocenters. The Balaban J connectivity index is 2.74. The highest BCUT2D eigenvalue weighted by molar-refractivity contribution is 5.87. The van der Waals surface area contributed by atoms with Crippen LogP contribution in [0.15, 0.2) is 46.5 Å². The van der Waals surface area contributed by atoms with Crippen LogP contribution in [0, 0.1) is 0 Å². The Kier molecular flexibility index (Phi) is 5.37. The maximum Gasteiger partial charge on any atom is 0.362 e. The van der Waals surface area contributed by atoms with Gasteiger partial charge in [-0.15, -0.1) is 5.11 Å². The highest BCUT2D eigenvalue weighted by atomic mass is 16.5. The molecule has 0 atom stereocenters. The first-order valence-electron chi connectivity index (χ1n) is 5.28. The number of esters is 1. The first-order valence-corrected chi connectivity index (χ1v) is 5.28. The third kappa shape index (κ3) is 3.89. The zero-order chi connectivity index (χ0) is 13.4. The van der Waals surface area contributed by atoms with E-state index in [-0.39, 0.29) is 12.3 Å². The van der Waals surface area contributed by atoms with Crippen molar-refractivity contribution in [2.24, 2.45) is 10.2 Å². The fourth-order valence-electron chi connectivity index (χ4n) is 1.08. The largest absolute Gasteiger partial charge is 0.513 e. The van der Waals surface area contributed by atoms with Crippen molar-refractivity contribution < 1.29 is 19.4 Å². The maximum atomic E-state index is 11.3. The highest BCUT2D eigenvalue weighted by Gasteiger charge is 2.09. The highest BCUT2D eigenvalue weighted by Crippen LogP contribution is 2.18. The van der Waals surface area contributed by atoms with Crippen LogP contribution in [-0.4, -0.2) is 24.8 Å². The van der Waals surface area contributed by atoms with E-state index in [1.807, 2.05) is 0 Å². The van der Waals surface area contributed by atoms with Crippen LogP contribution in [-0.2, 0) is 9.53 Å². The van der Waals surface area contributed by atoms with Crippen LogP contribution in [0.5, 0.6) is 5.75 Å². The van der Waals surface area contributed by atoms with Gasteiger partial charge in [-0.05, 0) is 31.2 Å². The molecule has 0 radical (unpaired) electrons. The number of carbonyl (C=O) groups excluding carboxylic acids is 1. The zero-order valence-electron chi connectivity index (χ0n) is 10.2. The summed E-state index contributed by atoms with van der Waals surface area (Å²) in [5, 5.41) is 16.3. The van der Waals surface area contributed by atoms with Crippen molar-refractivity contribution in [1.82, 2.24) is 0 Å². The number of rotatable bonds is 5. The van der Waals surface area contributed by atoms with Crippen LogP contribution in [0.4, 0.5) is 5.69 Å². The van der Waals surface area contributed by atoms with Crippen molar-refractivity contribution in [2.75, 3.05) is 13.7 Å². The van der Waals surface area contributed by atoms with Gasteiger partial charge in [-0.1, -0.05) is 0 Å². The normalized spacial score (nSPS) is 11.6. The van der Waals surface area contributed by atoms with Gasteiger partial charge in [-0.3, -0.25) is 0 Å². The molecule has 0 aliphatic heterocycles. The van der Waals surface area contributed by atoms with Gasteiger partial charge < -0.3 is 14.6 Å². The molecule has 0 fully saturated rings. The summed E-state index contributed by atoms with van der Waals surface area (Å²) in [4.78, 5) is 11.3. The van der Waals surface area contributed by atoms with Gasteiger partial charge in [0.2, 0.25) is 5.70 Å². The molecule has 18 heavy (non-hydrogen) atoms. The van der Waals surface area contributed by atoms with Crippen molar-refractivity contribution in [2.45, 2.75) is 6.92 Å². The van der Waals surface area contributed by atoms with Crippen molar-refractivity contribution >= 4 is 11.7 Å². The summed E-state index contributed by atoms with van der Waals surface area (Å²) in [6.45, 7) is 1.86. The molecule has 0 saturated heterocycles. The predicted octanol–water partition coefficient (Wildman–Crippen LogP) is 2.74. The fraction of sp³-hybridized carbons (Fsp3) is 0.250. The van der Waals surface area contributed by atoms with Gasteiger partial charge in [0.25, 0.3) is 0 Å². The minimum Gasteiger partial charge on any atom is -0.513 e. The number of benzene rings is 1. The number of ether oxygens (including phenoxy) is 2. The fourth-order valence-corrected chi connectivity index (χ4v) is 1.08. The third-order valence-corrected chi connectivity index (χ3v) is 1.95. The second-order valence-electron chi connectivity index (χ2n) is 3.13. The standard InChI is InChI=1S/C12H14N2O4/c1-3-18-12(16)11(8-15)14-13-9-4-6-10(17-2)7-5-9/h4-8,15H,3H2,1-2H3/b11-8+,14-13?. The van der Waals surface area contributed by atoms with E-state index in [2.05, 4.69) is 15.0 Å². The SMILES string of the molecule is CCOC(=O)/C(=C\O)N=Nc1ccc(OC)cc1. The summed E-state index contributed by atoms with van der Waals surface area (Å²) in [6.07, 6.45) is 0.561. The number of azo groups is 1. The molecule has 1 rings (SSSR count). The van der Waals surface area contributed by atoms with Gasteiger partial charge >= 0.3 is 5.97 Å². The molecule has 96 valence electrons. The van der Waals surface area contributed by atoms with Crippen LogP contribution >= 0.6 is 0 Å². The number of aliphatic hydroxyl groups excluding tert-OH is 1. The molecule has 0 aromatic heterocycles. The molecule has 0 heterocycles. The Labute approximate surface area is 105 Å². The molecule has 1 aromatic rings. The summed E-state index contributed by atoms with van der Waals surface area (Å²) in [5.74, 6) is -0.0328. The Bertz CT molecular complexity index is 452. The Morgan fingerprint density at radius 3 is 2.56 bits per heavy atom. The van der Waals surface area contributed by atoms with E-state index in [9.17, 15) is 4.79 Å². The van der Waals surface area contributed by atoms with Gasteiger partial charge in [-0.2, -0.15) is 5.11 Å². The van der Waals surface area contributed by atoms with E-state index in [0.717, 1.165) is 0 Å². The smallest absolute Gasteiger partial charge is 0.362 e. The number of hydrogen-bond donors (Lipinski definition) is 1. The van der Waals surface area contributed by atoms with Gasteiger partial charge in [-0.25, -0.2) is 4.79 Å². The van der Waals surface area contributed by atoms with Crippen LogP contribution in [0.2, 0.25) is 0 Å². The zero-order valence-corrected chi connectivity index (χ0v) is 10.2. The molecular formula is C12H14N2O4. The van der Waals surface area contributed by atoms with E-state index < -0.39 is 5.97 Å². The van der Waals surface area contributed by atoms with Gasteiger partial charge in [0.15, 0.2) is 0 Å². The van der Waals surface area contributed by atoms with E-state index in [1.54, 1.807) is 38.3 Å². The molecule has 0 spiro atoms. The lowest BCUT2D eigenvalue weighted by Gasteiger charge is -2.00. The molecule has 1 N–H and O–H groups in total. The van der Waals surface area contributed by atoms with Crippen molar-refractivity contribution in [3.05, 3.63) is 36.2 Å². The van der Waals surface area contributed by atoms with Crippen molar-refractivity contribution in [3.8, 4) is 5.75 Å². The Hall–Kier alpha value is -2.37. The predicted molar refractivity (Wildman–Crippen MR) is 64.9 cm³/mol. The quantitative estimate of drug-likeness (QED) is 0.377. The third-order valence-electron chi connectivity index (χ3n) is 1.95. The summed E-state index contributed by atoms with van der Waals surface area (Å²) in [5.41, 5.74) is 0.270. The van der Waals surface area contributed by atoms with Crippen LogP contribution in [0.25, 0.3) is 0 Å². The number of carbonyl (C=O) groups is 1. The monoisotopic (exact) mass is 250 g/mol. The Morgan fingerprint density at radius 2 is 2.06 bits per heavy atom. The molecule has 6 heteroatoms. The minimum absolute atomic E-state index is 0.203. The molecular weight excluding hydrogens is 236 g/mol. The number of aliphatic hydroxyl groups is 1. The minimum atomic E-state index is -0.725. The Morgan fingerprint density at radius 1 is 1.39 bits per heavy atom. The first-order chi connectivity index (χ1) is 8.71.